The van der Waals surface area contributed by atoms with Crippen molar-refractivity contribution in [3.05, 3.63) is 88.0 Å². The topological polar surface area (TPSA) is 76.2 Å². The molecular formula is C27H19Cl2N3O3. The van der Waals surface area contributed by atoms with Crippen LogP contribution in [0.5, 0.6) is 11.5 Å². The Hall–Kier alpha value is -3.74. The van der Waals surface area contributed by atoms with Crippen molar-refractivity contribution < 1.29 is 14.3 Å². The predicted molar refractivity (Wildman–Crippen MR) is 138 cm³/mol. The van der Waals surface area contributed by atoms with Crippen LogP contribution in [-0.2, 0) is 6.42 Å². The van der Waals surface area contributed by atoms with Crippen LogP contribution >= 0.6 is 23.2 Å². The second kappa shape index (κ2) is 8.80. The van der Waals surface area contributed by atoms with Crippen molar-refractivity contribution >= 4 is 50.9 Å². The molecule has 0 bridgehead atoms. The highest BCUT2D eigenvalue weighted by atomic mass is 35.5. The Morgan fingerprint density at radius 3 is 2.69 bits per heavy atom. The van der Waals surface area contributed by atoms with E-state index in [4.69, 9.17) is 37.7 Å². The summed E-state index contributed by atoms with van der Waals surface area (Å²) in [5.74, 6) is 1.10. The van der Waals surface area contributed by atoms with Gasteiger partial charge >= 0.3 is 0 Å². The number of nitrogens with zero attached hydrogens (tertiary/aromatic N) is 1. The Bertz CT molecular complexity index is 1610. The van der Waals surface area contributed by atoms with Gasteiger partial charge in [-0.1, -0.05) is 47.5 Å². The zero-order valence-corrected chi connectivity index (χ0v) is 19.9. The molecule has 3 heterocycles. The van der Waals surface area contributed by atoms with E-state index in [1.165, 1.54) is 0 Å². The van der Waals surface area contributed by atoms with Gasteiger partial charge in [0.05, 0.1) is 21.3 Å². The van der Waals surface area contributed by atoms with Crippen LogP contribution < -0.4 is 14.8 Å². The van der Waals surface area contributed by atoms with Crippen LogP contribution in [0.1, 0.15) is 16.1 Å². The molecular weight excluding hydrogens is 485 g/mol. The zero-order valence-electron chi connectivity index (χ0n) is 18.4. The smallest absolute Gasteiger partial charge is 0.269 e. The van der Waals surface area contributed by atoms with Gasteiger partial charge in [-0.2, -0.15) is 0 Å². The van der Waals surface area contributed by atoms with Crippen molar-refractivity contribution in [2.75, 3.05) is 13.3 Å². The maximum Gasteiger partial charge on any atom is 0.269 e. The average molecular weight is 504 g/mol. The summed E-state index contributed by atoms with van der Waals surface area (Å²) >= 11 is 12.1. The molecule has 6 rings (SSSR count). The van der Waals surface area contributed by atoms with E-state index in [9.17, 15) is 4.79 Å². The van der Waals surface area contributed by atoms with Gasteiger partial charge in [-0.05, 0) is 54.4 Å². The Morgan fingerprint density at radius 1 is 0.943 bits per heavy atom. The highest BCUT2D eigenvalue weighted by Crippen LogP contribution is 2.38. The number of pyridine rings is 1. The largest absolute Gasteiger partial charge is 0.454 e. The van der Waals surface area contributed by atoms with Gasteiger partial charge in [-0.3, -0.25) is 4.79 Å². The molecule has 2 N–H and O–H groups in total. The van der Waals surface area contributed by atoms with E-state index in [-0.39, 0.29) is 12.7 Å². The number of carbonyl (C=O) groups is 1. The van der Waals surface area contributed by atoms with Gasteiger partial charge in [0.15, 0.2) is 11.5 Å². The molecule has 2 aromatic heterocycles. The highest BCUT2D eigenvalue weighted by Gasteiger charge is 2.20. The van der Waals surface area contributed by atoms with E-state index in [0.29, 0.717) is 45.9 Å². The number of carbonyl (C=O) groups excluding carboxylic acids is 1. The van der Waals surface area contributed by atoms with Crippen molar-refractivity contribution in [1.82, 2.24) is 15.3 Å². The Balaban J connectivity index is 1.36. The molecule has 5 aromatic rings. The third-order valence-electron chi connectivity index (χ3n) is 6.06. The van der Waals surface area contributed by atoms with Crippen LogP contribution in [0.25, 0.3) is 33.1 Å². The number of ether oxygens (including phenoxy) is 2. The molecule has 0 saturated heterocycles. The molecule has 6 nitrogen and oxygen atoms in total. The summed E-state index contributed by atoms with van der Waals surface area (Å²) in [5.41, 5.74) is 4.66. The molecule has 1 aliphatic heterocycles. The van der Waals surface area contributed by atoms with E-state index >= 15 is 0 Å². The van der Waals surface area contributed by atoms with E-state index in [2.05, 4.69) is 10.3 Å². The number of para-hydroxylation sites is 1. The number of rotatable bonds is 5. The van der Waals surface area contributed by atoms with Gasteiger partial charge in [0.1, 0.15) is 5.69 Å². The molecule has 0 spiro atoms. The van der Waals surface area contributed by atoms with Gasteiger partial charge in [-0.25, -0.2) is 4.98 Å². The fraction of sp³-hybridized carbons (Fsp3) is 0.111. The van der Waals surface area contributed by atoms with E-state index in [1.807, 2.05) is 60.7 Å². The number of benzene rings is 3. The lowest BCUT2D eigenvalue weighted by atomic mass is 10.1. The van der Waals surface area contributed by atoms with Crippen molar-refractivity contribution in [1.29, 1.82) is 0 Å². The summed E-state index contributed by atoms with van der Waals surface area (Å²) in [6.07, 6.45) is 0.618. The minimum atomic E-state index is -0.251. The zero-order chi connectivity index (χ0) is 23.9. The maximum absolute atomic E-state index is 13.2. The monoisotopic (exact) mass is 503 g/mol. The molecule has 0 atom stereocenters. The summed E-state index contributed by atoms with van der Waals surface area (Å²) in [6, 6.07) is 21.0. The van der Waals surface area contributed by atoms with Gasteiger partial charge in [-0.15, -0.1) is 0 Å². The van der Waals surface area contributed by atoms with Crippen LogP contribution in [0, 0.1) is 0 Å². The van der Waals surface area contributed by atoms with Crippen molar-refractivity contribution in [3.8, 4) is 22.8 Å². The summed E-state index contributed by atoms with van der Waals surface area (Å²) in [7, 11) is 0. The number of fused-ring (bicyclic) bond motifs is 4. The fourth-order valence-electron chi connectivity index (χ4n) is 4.32. The first-order valence-corrected chi connectivity index (χ1v) is 11.9. The molecule has 0 radical (unpaired) electrons. The first kappa shape index (κ1) is 21.8. The predicted octanol–water partition coefficient (Wildman–Crippen LogP) is 6.39. The van der Waals surface area contributed by atoms with Gasteiger partial charge in [0, 0.05) is 28.4 Å². The molecule has 1 aliphatic rings. The number of hydrogen-bond acceptors (Lipinski definition) is 4. The van der Waals surface area contributed by atoms with Gasteiger partial charge in [0.25, 0.3) is 5.91 Å². The molecule has 0 aliphatic carbocycles. The SMILES string of the molecule is O=C(NCCc1ccc(Cl)c(Cl)c1)c1cc2c([nH]c3ccccc32)c(-c2ccc3c(c2)OCO3)n1. The quantitative estimate of drug-likeness (QED) is 0.291. The van der Waals surface area contributed by atoms with Crippen LogP contribution in [0.2, 0.25) is 10.0 Å². The van der Waals surface area contributed by atoms with Crippen molar-refractivity contribution in [2.45, 2.75) is 6.42 Å². The Morgan fingerprint density at radius 2 is 1.80 bits per heavy atom. The third kappa shape index (κ3) is 4.05. The lowest BCUT2D eigenvalue weighted by Crippen LogP contribution is -2.26. The van der Waals surface area contributed by atoms with Crippen LogP contribution in [0.15, 0.2) is 66.7 Å². The van der Waals surface area contributed by atoms with Crippen molar-refractivity contribution in [2.24, 2.45) is 0 Å². The summed E-state index contributed by atoms with van der Waals surface area (Å²) in [4.78, 5) is 21.4. The minimum absolute atomic E-state index is 0.190. The number of halogens is 2. The van der Waals surface area contributed by atoms with E-state index < -0.39 is 0 Å². The summed E-state index contributed by atoms with van der Waals surface area (Å²) < 4.78 is 11.0. The van der Waals surface area contributed by atoms with Gasteiger partial charge in [0.2, 0.25) is 6.79 Å². The number of nitrogens with one attached hydrogen (secondary N) is 2. The third-order valence-corrected chi connectivity index (χ3v) is 6.80. The van der Waals surface area contributed by atoms with E-state index in [1.54, 1.807) is 6.07 Å². The Labute approximate surface area is 210 Å². The van der Waals surface area contributed by atoms with Gasteiger partial charge < -0.3 is 19.8 Å². The second-order valence-electron chi connectivity index (χ2n) is 8.27. The van der Waals surface area contributed by atoms with E-state index in [0.717, 1.165) is 32.9 Å². The number of hydrogen-bond donors (Lipinski definition) is 2. The number of aromatic nitrogens is 2. The molecule has 0 fully saturated rings. The number of amides is 1. The summed E-state index contributed by atoms with van der Waals surface area (Å²) in [6.45, 7) is 0.624. The van der Waals surface area contributed by atoms with Crippen molar-refractivity contribution in [3.63, 3.8) is 0 Å². The average Bonchev–Trinajstić information content (AvgIpc) is 3.49. The molecule has 0 saturated carbocycles. The summed E-state index contributed by atoms with van der Waals surface area (Å²) in [5, 5.41) is 5.93. The first-order valence-electron chi connectivity index (χ1n) is 11.1. The lowest BCUT2D eigenvalue weighted by molar-refractivity contribution is 0.0949. The first-order chi connectivity index (χ1) is 17.1. The molecule has 0 unspecified atom stereocenters. The molecule has 174 valence electrons. The highest BCUT2D eigenvalue weighted by molar-refractivity contribution is 6.42. The normalized spacial score (nSPS) is 12.4. The Kier molecular flexibility index (Phi) is 5.47. The van der Waals surface area contributed by atoms with Crippen LogP contribution in [0.4, 0.5) is 0 Å². The lowest BCUT2D eigenvalue weighted by Gasteiger charge is -2.09. The fourth-order valence-corrected chi connectivity index (χ4v) is 4.64. The molecule has 3 aromatic carbocycles. The molecule has 8 heteroatoms. The van der Waals surface area contributed by atoms with Crippen LogP contribution in [0.3, 0.4) is 0 Å². The molecule has 1 amide bonds. The number of aromatic amines is 1. The standard InChI is InChI=1S/C27H19Cl2N3O3/c28-19-7-5-15(11-20(19)29)9-10-30-27(33)22-13-18-17-3-1-2-4-21(17)31-26(18)25(32-22)16-6-8-23-24(12-16)35-14-34-23/h1-8,11-13,31H,9-10,14H2,(H,30,33). The number of H-pyrrole nitrogens is 1. The van der Waals surface area contributed by atoms with Crippen LogP contribution in [-0.4, -0.2) is 29.2 Å². The molecule has 35 heavy (non-hydrogen) atoms. The second-order valence-corrected chi connectivity index (χ2v) is 9.09. The maximum atomic E-state index is 13.2. The minimum Gasteiger partial charge on any atom is -0.454 e.